The fourth-order valence-electron chi connectivity index (χ4n) is 1.09. The van der Waals surface area contributed by atoms with E-state index in [4.69, 9.17) is 5.11 Å². The van der Waals surface area contributed by atoms with E-state index in [1.807, 2.05) is 6.08 Å². The zero-order valence-electron chi connectivity index (χ0n) is 8.00. The largest absolute Gasteiger partial charge is 0.516 e. The van der Waals surface area contributed by atoms with E-state index in [9.17, 15) is 0 Å². The minimum absolute atomic E-state index is 1.06. The maximum atomic E-state index is 8.31. The standard InChI is InChI=1S/C11H20O/c1-2-3-4-5-6-7-8-9-10-11-12/h8-12H,2-7H2,1H3/b9-8+,11-10+. The molecule has 0 aromatic rings. The van der Waals surface area contributed by atoms with Gasteiger partial charge in [0.05, 0.1) is 6.26 Å². The molecule has 0 saturated heterocycles. The number of unbranched alkanes of at least 4 members (excludes halogenated alkanes) is 5. The van der Waals surface area contributed by atoms with Gasteiger partial charge in [0.15, 0.2) is 0 Å². The van der Waals surface area contributed by atoms with Gasteiger partial charge in [-0.2, -0.15) is 0 Å². The van der Waals surface area contributed by atoms with Crippen LogP contribution in [0.15, 0.2) is 24.5 Å². The highest BCUT2D eigenvalue weighted by molar-refractivity contribution is 4.98. The van der Waals surface area contributed by atoms with E-state index in [-0.39, 0.29) is 0 Å². The first-order valence-corrected chi connectivity index (χ1v) is 4.87. The third kappa shape index (κ3) is 9.28. The minimum atomic E-state index is 1.06. The van der Waals surface area contributed by atoms with Crippen LogP contribution in [-0.4, -0.2) is 5.11 Å². The molecule has 0 heterocycles. The Morgan fingerprint density at radius 2 is 1.75 bits per heavy atom. The van der Waals surface area contributed by atoms with Gasteiger partial charge in [0.2, 0.25) is 0 Å². The number of hydrogen-bond donors (Lipinski definition) is 1. The van der Waals surface area contributed by atoms with Crippen molar-refractivity contribution in [2.24, 2.45) is 0 Å². The number of allylic oxidation sites excluding steroid dienone is 3. The third-order valence-electron chi connectivity index (χ3n) is 1.81. The van der Waals surface area contributed by atoms with Crippen LogP contribution in [0.1, 0.15) is 45.4 Å². The zero-order valence-corrected chi connectivity index (χ0v) is 8.00. The molecule has 0 unspecified atom stereocenters. The van der Waals surface area contributed by atoms with Crippen molar-refractivity contribution in [3.8, 4) is 0 Å². The summed E-state index contributed by atoms with van der Waals surface area (Å²) in [4.78, 5) is 0. The van der Waals surface area contributed by atoms with Gasteiger partial charge in [0.1, 0.15) is 0 Å². The molecule has 1 N–H and O–H groups in total. The van der Waals surface area contributed by atoms with Gasteiger partial charge in [-0.25, -0.2) is 0 Å². The first-order valence-electron chi connectivity index (χ1n) is 4.87. The predicted molar refractivity (Wildman–Crippen MR) is 54.3 cm³/mol. The fourth-order valence-corrected chi connectivity index (χ4v) is 1.09. The maximum Gasteiger partial charge on any atom is 0.0791 e. The topological polar surface area (TPSA) is 20.2 Å². The summed E-state index contributed by atoms with van der Waals surface area (Å²) in [6.45, 7) is 2.23. The Bertz CT molecular complexity index is 125. The van der Waals surface area contributed by atoms with E-state index in [1.165, 1.54) is 32.1 Å². The summed E-state index contributed by atoms with van der Waals surface area (Å²) in [6.07, 6.45) is 14.5. The lowest BCUT2D eigenvalue weighted by molar-refractivity contribution is 0.473. The van der Waals surface area contributed by atoms with Crippen LogP contribution in [0.2, 0.25) is 0 Å². The van der Waals surface area contributed by atoms with Gasteiger partial charge in [-0.05, 0) is 18.9 Å². The number of aliphatic hydroxyl groups excluding tert-OH is 1. The van der Waals surface area contributed by atoms with E-state index in [2.05, 4.69) is 13.0 Å². The lowest BCUT2D eigenvalue weighted by atomic mass is 10.1. The Labute approximate surface area is 75.8 Å². The number of rotatable bonds is 7. The highest BCUT2D eigenvalue weighted by atomic mass is 16.2. The molecule has 0 saturated carbocycles. The van der Waals surface area contributed by atoms with E-state index < -0.39 is 0 Å². The van der Waals surface area contributed by atoms with E-state index in [1.54, 1.807) is 6.08 Å². The predicted octanol–water partition coefficient (Wildman–Crippen LogP) is 3.97. The smallest absolute Gasteiger partial charge is 0.0791 e. The van der Waals surface area contributed by atoms with Crippen LogP contribution < -0.4 is 0 Å². The molecule has 0 aliphatic rings. The van der Waals surface area contributed by atoms with Crippen molar-refractivity contribution in [1.29, 1.82) is 0 Å². The first-order chi connectivity index (χ1) is 5.91. The second kappa shape index (κ2) is 10.3. The van der Waals surface area contributed by atoms with Crippen LogP contribution in [0.25, 0.3) is 0 Å². The van der Waals surface area contributed by atoms with Crippen LogP contribution in [0.4, 0.5) is 0 Å². The van der Waals surface area contributed by atoms with Gasteiger partial charge < -0.3 is 5.11 Å². The summed E-state index contributed by atoms with van der Waals surface area (Å²) in [6, 6.07) is 0. The van der Waals surface area contributed by atoms with Crippen LogP contribution >= 0.6 is 0 Å². The van der Waals surface area contributed by atoms with Crippen LogP contribution in [0, 0.1) is 0 Å². The zero-order chi connectivity index (χ0) is 9.07. The van der Waals surface area contributed by atoms with Crippen molar-refractivity contribution in [3.63, 3.8) is 0 Å². The SMILES string of the molecule is CCCCCCC/C=C/C=C/O. The molecule has 12 heavy (non-hydrogen) atoms. The van der Waals surface area contributed by atoms with Gasteiger partial charge in [-0.15, -0.1) is 0 Å². The molecular weight excluding hydrogens is 148 g/mol. The van der Waals surface area contributed by atoms with Crippen LogP contribution in [-0.2, 0) is 0 Å². The molecular formula is C11H20O. The van der Waals surface area contributed by atoms with E-state index in [0.717, 1.165) is 12.7 Å². The average molecular weight is 168 g/mol. The highest BCUT2D eigenvalue weighted by Crippen LogP contribution is 2.05. The quantitative estimate of drug-likeness (QED) is 0.346. The lowest BCUT2D eigenvalue weighted by Crippen LogP contribution is -1.75. The molecule has 0 radical (unpaired) electrons. The second-order valence-corrected chi connectivity index (χ2v) is 2.97. The number of aliphatic hydroxyl groups is 1. The van der Waals surface area contributed by atoms with E-state index in [0.29, 0.717) is 0 Å². The molecule has 0 rings (SSSR count). The van der Waals surface area contributed by atoms with Crippen molar-refractivity contribution in [3.05, 3.63) is 24.5 Å². The molecule has 0 aliphatic heterocycles. The van der Waals surface area contributed by atoms with Crippen LogP contribution in [0.5, 0.6) is 0 Å². The monoisotopic (exact) mass is 168 g/mol. The van der Waals surface area contributed by atoms with Gasteiger partial charge in [0, 0.05) is 0 Å². The molecule has 0 bridgehead atoms. The normalized spacial score (nSPS) is 11.8. The molecule has 70 valence electrons. The second-order valence-electron chi connectivity index (χ2n) is 2.97. The Morgan fingerprint density at radius 1 is 1.00 bits per heavy atom. The first kappa shape index (κ1) is 11.3. The van der Waals surface area contributed by atoms with Gasteiger partial charge >= 0.3 is 0 Å². The summed E-state index contributed by atoms with van der Waals surface area (Å²) < 4.78 is 0. The Morgan fingerprint density at radius 3 is 2.42 bits per heavy atom. The van der Waals surface area contributed by atoms with Gasteiger partial charge in [-0.1, -0.05) is 44.8 Å². The van der Waals surface area contributed by atoms with Gasteiger partial charge in [-0.3, -0.25) is 0 Å². The summed E-state index contributed by atoms with van der Waals surface area (Å²) >= 11 is 0. The summed E-state index contributed by atoms with van der Waals surface area (Å²) in [5.74, 6) is 0. The van der Waals surface area contributed by atoms with Gasteiger partial charge in [0.25, 0.3) is 0 Å². The van der Waals surface area contributed by atoms with Crippen molar-refractivity contribution in [1.82, 2.24) is 0 Å². The summed E-state index contributed by atoms with van der Waals surface area (Å²) in [7, 11) is 0. The molecule has 0 aliphatic carbocycles. The molecule has 0 aromatic carbocycles. The molecule has 0 atom stereocenters. The Balaban J connectivity index is 3.00. The molecule has 1 nitrogen and oxygen atoms in total. The molecule has 1 heteroatoms. The minimum Gasteiger partial charge on any atom is -0.516 e. The average Bonchev–Trinajstić information content (AvgIpc) is 2.10. The Hall–Kier alpha value is -0.720. The molecule has 0 amide bonds. The van der Waals surface area contributed by atoms with E-state index >= 15 is 0 Å². The summed E-state index contributed by atoms with van der Waals surface area (Å²) in [5.41, 5.74) is 0. The van der Waals surface area contributed by atoms with Crippen molar-refractivity contribution < 1.29 is 5.11 Å². The summed E-state index contributed by atoms with van der Waals surface area (Å²) in [5, 5.41) is 8.31. The third-order valence-corrected chi connectivity index (χ3v) is 1.81. The lowest BCUT2D eigenvalue weighted by Gasteiger charge is -1.95. The fraction of sp³-hybridized carbons (Fsp3) is 0.636. The van der Waals surface area contributed by atoms with Crippen molar-refractivity contribution in [2.45, 2.75) is 45.4 Å². The van der Waals surface area contributed by atoms with Crippen LogP contribution in [0.3, 0.4) is 0 Å². The van der Waals surface area contributed by atoms with Crippen molar-refractivity contribution >= 4 is 0 Å². The molecule has 0 spiro atoms. The number of hydrogen-bond acceptors (Lipinski definition) is 1. The Kier molecular flexibility index (Phi) is 9.66. The molecule has 0 fully saturated rings. The molecule has 0 aromatic heterocycles. The van der Waals surface area contributed by atoms with Crippen molar-refractivity contribution in [2.75, 3.05) is 0 Å². The maximum absolute atomic E-state index is 8.31. The highest BCUT2D eigenvalue weighted by Gasteiger charge is 1.85.